The van der Waals surface area contributed by atoms with Crippen LogP contribution in [0.15, 0.2) is 24.3 Å². The second-order valence-electron chi connectivity index (χ2n) is 5.72. The number of hydrogen-bond acceptors (Lipinski definition) is 2. The van der Waals surface area contributed by atoms with E-state index in [4.69, 9.17) is 0 Å². The Labute approximate surface area is 110 Å². The third-order valence-corrected chi connectivity index (χ3v) is 4.03. The molecule has 1 aromatic carbocycles. The van der Waals surface area contributed by atoms with E-state index in [0.29, 0.717) is 6.04 Å². The molecule has 100 valence electrons. The van der Waals surface area contributed by atoms with Crippen molar-refractivity contribution in [1.29, 1.82) is 0 Å². The minimum atomic E-state index is -0.404. The van der Waals surface area contributed by atoms with Gasteiger partial charge in [0.05, 0.1) is 6.10 Å². The van der Waals surface area contributed by atoms with E-state index >= 15 is 0 Å². The van der Waals surface area contributed by atoms with Crippen LogP contribution >= 0.6 is 0 Å². The van der Waals surface area contributed by atoms with E-state index in [-0.39, 0.29) is 0 Å². The second kappa shape index (κ2) is 6.24. The van der Waals surface area contributed by atoms with Gasteiger partial charge in [-0.15, -0.1) is 0 Å². The van der Waals surface area contributed by atoms with Gasteiger partial charge in [0.1, 0.15) is 0 Å². The Morgan fingerprint density at radius 2 is 1.94 bits per heavy atom. The van der Waals surface area contributed by atoms with Crippen molar-refractivity contribution in [2.24, 2.45) is 5.92 Å². The molecule has 0 aliphatic heterocycles. The molecule has 0 radical (unpaired) electrons. The molecule has 3 atom stereocenters. The van der Waals surface area contributed by atoms with Crippen molar-refractivity contribution in [2.75, 3.05) is 5.32 Å². The Morgan fingerprint density at radius 1 is 1.17 bits per heavy atom. The summed E-state index contributed by atoms with van der Waals surface area (Å²) < 4.78 is 0. The Hall–Kier alpha value is -1.02. The van der Waals surface area contributed by atoms with E-state index in [1.807, 2.05) is 25.1 Å². The van der Waals surface area contributed by atoms with Gasteiger partial charge in [-0.1, -0.05) is 38.0 Å². The average molecular weight is 247 g/mol. The van der Waals surface area contributed by atoms with Crippen molar-refractivity contribution in [1.82, 2.24) is 0 Å². The van der Waals surface area contributed by atoms with Crippen LogP contribution in [0.5, 0.6) is 0 Å². The van der Waals surface area contributed by atoms with Gasteiger partial charge in [0.25, 0.3) is 0 Å². The van der Waals surface area contributed by atoms with E-state index < -0.39 is 6.10 Å². The standard InChI is InChI=1S/C16H25NO/c1-12-6-5-7-14(11-10-12)17-16-9-4-3-8-15(16)13(2)18/h3-4,8-9,12-14,17-18H,5-7,10-11H2,1-2H3. The monoisotopic (exact) mass is 247 g/mol. The quantitative estimate of drug-likeness (QED) is 0.787. The van der Waals surface area contributed by atoms with Crippen molar-refractivity contribution in [2.45, 2.75) is 58.1 Å². The van der Waals surface area contributed by atoms with E-state index in [2.05, 4.69) is 18.3 Å². The van der Waals surface area contributed by atoms with Crippen molar-refractivity contribution in [3.8, 4) is 0 Å². The first-order chi connectivity index (χ1) is 8.66. The highest BCUT2D eigenvalue weighted by molar-refractivity contribution is 5.52. The molecule has 1 fully saturated rings. The zero-order chi connectivity index (χ0) is 13.0. The summed E-state index contributed by atoms with van der Waals surface area (Å²) in [5.41, 5.74) is 2.11. The molecule has 18 heavy (non-hydrogen) atoms. The fourth-order valence-electron chi connectivity index (χ4n) is 2.84. The lowest BCUT2D eigenvalue weighted by atomic mass is 10.0. The van der Waals surface area contributed by atoms with Gasteiger partial charge in [-0.25, -0.2) is 0 Å². The molecule has 1 aromatic rings. The molecular formula is C16H25NO. The predicted octanol–water partition coefficient (Wildman–Crippen LogP) is 4.12. The summed E-state index contributed by atoms with van der Waals surface area (Å²) in [5.74, 6) is 0.865. The first-order valence-corrected chi connectivity index (χ1v) is 7.20. The maximum atomic E-state index is 9.79. The Kier molecular flexibility index (Phi) is 4.65. The lowest BCUT2D eigenvalue weighted by Crippen LogP contribution is -2.19. The molecule has 1 aliphatic carbocycles. The Morgan fingerprint density at radius 3 is 2.72 bits per heavy atom. The molecule has 2 heteroatoms. The Balaban J connectivity index is 2.04. The number of nitrogens with one attached hydrogen (secondary N) is 1. The SMILES string of the molecule is CC1CCCC(Nc2ccccc2C(C)O)CC1. The number of anilines is 1. The number of hydrogen-bond donors (Lipinski definition) is 2. The van der Waals surface area contributed by atoms with Crippen molar-refractivity contribution in [3.63, 3.8) is 0 Å². The first-order valence-electron chi connectivity index (χ1n) is 7.20. The lowest BCUT2D eigenvalue weighted by Gasteiger charge is -2.21. The topological polar surface area (TPSA) is 32.3 Å². The van der Waals surface area contributed by atoms with Gasteiger partial charge in [0, 0.05) is 17.3 Å². The highest BCUT2D eigenvalue weighted by Gasteiger charge is 2.17. The highest BCUT2D eigenvalue weighted by Crippen LogP contribution is 2.28. The van der Waals surface area contributed by atoms with Gasteiger partial charge in [0.15, 0.2) is 0 Å². The summed E-state index contributed by atoms with van der Waals surface area (Å²) in [6.07, 6.45) is 6.08. The molecule has 2 N–H and O–H groups in total. The highest BCUT2D eigenvalue weighted by atomic mass is 16.3. The van der Waals surface area contributed by atoms with Crippen LogP contribution in [0.3, 0.4) is 0 Å². The number of para-hydroxylation sites is 1. The lowest BCUT2D eigenvalue weighted by molar-refractivity contribution is 0.200. The van der Waals surface area contributed by atoms with Gasteiger partial charge >= 0.3 is 0 Å². The molecule has 0 aromatic heterocycles. The first kappa shape index (κ1) is 13.4. The van der Waals surface area contributed by atoms with Gasteiger partial charge in [-0.3, -0.25) is 0 Å². The summed E-state index contributed by atoms with van der Waals surface area (Å²) in [7, 11) is 0. The minimum Gasteiger partial charge on any atom is -0.389 e. The summed E-state index contributed by atoms with van der Waals surface area (Å²) >= 11 is 0. The van der Waals surface area contributed by atoms with Gasteiger partial charge in [-0.2, -0.15) is 0 Å². The second-order valence-corrected chi connectivity index (χ2v) is 5.72. The third-order valence-electron chi connectivity index (χ3n) is 4.03. The van der Waals surface area contributed by atoms with Crippen LogP contribution in [0.4, 0.5) is 5.69 Å². The average Bonchev–Trinajstić information content (AvgIpc) is 2.55. The number of rotatable bonds is 3. The molecule has 1 aliphatic rings. The number of benzene rings is 1. The molecule has 0 amide bonds. The number of aliphatic hydroxyl groups is 1. The molecule has 0 heterocycles. The Bertz CT molecular complexity index is 375. The summed E-state index contributed by atoms with van der Waals surface area (Å²) in [6.45, 7) is 4.18. The molecule has 2 nitrogen and oxygen atoms in total. The normalized spacial score (nSPS) is 26.4. The smallest absolute Gasteiger partial charge is 0.0781 e. The van der Waals surface area contributed by atoms with E-state index in [1.165, 1.54) is 32.1 Å². The van der Waals surface area contributed by atoms with Crippen LogP contribution < -0.4 is 5.32 Å². The summed E-state index contributed by atoms with van der Waals surface area (Å²) in [4.78, 5) is 0. The summed E-state index contributed by atoms with van der Waals surface area (Å²) in [6, 6.07) is 8.67. The third kappa shape index (κ3) is 3.49. The van der Waals surface area contributed by atoms with E-state index in [0.717, 1.165) is 17.2 Å². The fraction of sp³-hybridized carbons (Fsp3) is 0.625. The van der Waals surface area contributed by atoms with Crippen LogP contribution in [0, 0.1) is 5.92 Å². The van der Waals surface area contributed by atoms with Crippen LogP contribution in [0.1, 0.15) is 57.6 Å². The largest absolute Gasteiger partial charge is 0.389 e. The molecule has 3 unspecified atom stereocenters. The minimum absolute atomic E-state index is 0.404. The van der Waals surface area contributed by atoms with Crippen LogP contribution in [0.2, 0.25) is 0 Å². The summed E-state index contributed by atoms with van der Waals surface area (Å²) in [5, 5.41) is 13.4. The maximum Gasteiger partial charge on any atom is 0.0781 e. The molecule has 2 rings (SSSR count). The zero-order valence-corrected chi connectivity index (χ0v) is 11.5. The maximum absolute atomic E-state index is 9.79. The molecule has 0 spiro atoms. The van der Waals surface area contributed by atoms with Gasteiger partial charge in [-0.05, 0) is 38.2 Å². The van der Waals surface area contributed by atoms with Crippen LogP contribution in [-0.2, 0) is 0 Å². The van der Waals surface area contributed by atoms with E-state index in [9.17, 15) is 5.11 Å². The van der Waals surface area contributed by atoms with Crippen molar-refractivity contribution >= 4 is 5.69 Å². The predicted molar refractivity (Wildman–Crippen MR) is 76.7 cm³/mol. The fourth-order valence-corrected chi connectivity index (χ4v) is 2.84. The number of aliphatic hydroxyl groups excluding tert-OH is 1. The van der Waals surface area contributed by atoms with Gasteiger partial charge in [0.2, 0.25) is 0 Å². The van der Waals surface area contributed by atoms with E-state index in [1.54, 1.807) is 0 Å². The van der Waals surface area contributed by atoms with Crippen LogP contribution in [0.25, 0.3) is 0 Å². The molecular weight excluding hydrogens is 222 g/mol. The van der Waals surface area contributed by atoms with Gasteiger partial charge < -0.3 is 10.4 Å². The van der Waals surface area contributed by atoms with Crippen molar-refractivity contribution in [3.05, 3.63) is 29.8 Å². The molecule has 0 saturated heterocycles. The molecule has 1 saturated carbocycles. The molecule has 0 bridgehead atoms. The van der Waals surface area contributed by atoms with Crippen LogP contribution in [-0.4, -0.2) is 11.1 Å². The van der Waals surface area contributed by atoms with Crippen molar-refractivity contribution < 1.29 is 5.11 Å². The zero-order valence-electron chi connectivity index (χ0n) is 11.5.